The summed E-state index contributed by atoms with van der Waals surface area (Å²) in [4.78, 5) is 21.1. The van der Waals surface area contributed by atoms with Gasteiger partial charge in [-0.05, 0) is 12.5 Å². The van der Waals surface area contributed by atoms with Crippen molar-refractivity contribution in [3.05, 3.63) is 51.4 Å². The fourth-order valence-corrected chi connectivity index (χ4v) is 2.76. The van der Waals surface area contributed by atoms with Crippen LogP contribution in [0.2, 0.25) is 0 Å². The summed E-state index contributed by atoms with van der Waals surface area (Å²) in [5, 5.41) is 14.1. The topological polar surface area (TPSA) is 87.0 Å². The van der Waals surface area contributed by atoms with E-state index in [9.17, 15) is 18.7 Å². The van der Waals surface area contributed by atoms with E-state index in [0.717, 1.165) is 5.56 Å². The van der Waals surface area contributed by atoms with E-state index >= 15 is 0 Å². The molecule has 0 aliphatic heterocycles. The lowest BCUT2D eigenvalue weighted by Gasteiger charge is -2.15. The molecule has 3 rings (SSSR count). The molecular formula is C17H19F2N5O2. The molecule has 0 aliphatic rings. The molecule has 0 aliphatic carbocycles. The van der Waals surface area contributed by atoms with Crippen molar-refractivity contribution in [2.24, 2.45) is 0 Å². The quantitative estimate of drug-likeness (QED) is 0.726. The Morgan fingerprint density at radius 1 is 1.23 bits per heavy atom. The van der Waals surface area contributed by atoms with Crippen molar-refractivity contribution >= 4 is 17.0 Å². The third-order valence-corrected chi connectivity index (χ3v) is 4.23. The molecule has 0 bridgehead atoms. The molecule has 138 valence electrons. The van der Waals surface area contributed by atoms with E-state index in [4.69, 9.17) is 0 Å². The molecule has 0 saturated carbocycles. The van der Waals surface area contributed by atoms with Crippen molar-refractivity contribution in [3.8, 4) is 0 Å². The largest absolute Gasteiger partial charge is 0.390 e. The summed E-state index contributed by atoms with van der Waals surface area (Å²) in [5.74, 6) is 0.355. The van der Waals surface area contributed by atoms with Crippen LogP contribution >= 0.6 is 0 Å². The van der Waals surface area contributed by atoms with Gasteiger partial charge in [0.25, 0.3) is 12.0 Å². The number of benzene rings is 1. The maximum absolute atomic E-state index is 12.7. The van der Waals surface area contributed by atoms with Crippen LogP contribution in [0.15, 0.2) is 29.1 Å². The number of hydrogen-bond acceptors (Lipinski definition) is 5. The second-order valence-electron chi connectivity index (χ2n) is 6.18. The van der Waals surface area contributed by atoms with E-state index in [1.807, 2.05) is 6.92 Å². The highest BCUT2D eigenvalue weighted by Gasteiger charge is 2.21. The first kappa shape index (κ1) is 18.0. The maximum atomic E-state index is 12.7. The highest BCUT2D eigenvalue weighted by molar-refractivity contribution is 5.78. The van der Waals surface area contributed by atoms with E-state index in [-0.39, 0.29) is 22.7 Å². The third-order valence-electron chi connectivity index (χ3n) is 4.23. The van der Waals surface area contributed by atoms with Crippen molar-refractivity contribution < 1.29 is 13.9 Å². The molecule has 1 atom stereocenters. The average Bonchev–Trinajstić information content (AvgIpc) is 3.00. The first-order chi connectivity index (χ1) is 12.3. The smallest absolute Gasteiger partial charge is 0.263 e. The van der Waals surface area contributed by atoms with Gasteiger partial charge in [0.2, 0.25) is 5.95 Å². The standard InChI is InChI=1S/C17H19F2N5O2/c1-9(10-4-6-11(7-5-10)14(18)19)24-15-13(12(8-25)22-24)16(26)21-17(20-15)23(2)3/h4-7,9,14,25H,8H2,1-3H3,(H,20,21,26). The second-order valence-corrected chi connectivity index (χ2v) is 6.18. The monoisotopic (exact) mass is 363 g/mol. The second kappa shape index (κ2) is 6.83. The summed E-state index contributed by atoms with van der Waals surface area (Å²) in [6.45, 7) is 1.41. The fraction of sp³-hybridized carbons (Fsp3) is 0.353. The van der Waals surface area contributed by atoms with E-state index in [1.165, 1.54) is 16.8 Å². The van der Waals surface area contributed by atoms with Gasteiger partial charge >= 0.3 is 0 Å². The number of hydrogen-bond donors (Lipinski definition) is 2. The third kappa shape index (κ3) is 3.05. The molecule has 7 nitrogen and oxygen atoms in total. The summed E-state index contributed by atoms with van der Waals surface area (Å²) in [6.07, 6.45) is -2.53. The van der Waals surface area contributed by atoms with E-state index in [2.05, 4.69) is 15.1 Å². The molecule has 2 N–H and O–H groups in total. The van der Waals surface area contributed by atoms with Crippen LogP contribution in [0.25, 0.3) is 11.0 Å². The number of aliphatic hydroxyl groups is 1. The zero-order chi connectivity index (χ0) is 19.0. The molecule has 0 amide bonds. The summed E-state index contributed by atoms with van der Waals surface area (Å²) in [5.41, 5.74) is 0.819. The lowest BCUT2D eigenvalue weighted by molar-refractivity contribution is 0.151. The van der Waals surface area contributed by atoms with Gasteiger partial charge in [-0.1, -0.05) is 24.3 Å². The molecule has 0 spiro atoms. The Labute approximate surface area is 147 Å². The number of aromatic amines is 1. The van der Waals surface area contributed by atoms with Crippen molar-refractivity contribution in [1.82, 2.24) is 19.7 Å². The summed E-state index contributed by atoms with van der Waals surface area (Å²) < 4.78 is 27.0. The SMILES string of the molecule is CC(c1ccc(C(F)F)cc1)n1nc(CO)c2c(=O)[nH]c(N(C)C)nc21. The molecule has 1 unspecified atom stereocenters. The van der Waals surface area contributed by atoms with Gasteiger partial charge in [0.05, 0.1) is 12.6 Å². The van der Waals surface area contributed by atoms with E-state index in [0.29, 0.717) is 11.6 Å². The maximum Gasteiger partial charge on any atom is 0.263 e. The van der Waals surface area contributed by atoms with Gasteiger partial charge < -0.3 is 10.0 Å². The normalized spacial score (nSPS) is 12.7. The van der Waals surface area contributed by atoms with Crippen LogP contribution in [0.5, 0.6) is 0 Å². The number of aromatic nitrogens is 4. The van der Waals surface area contributed by atoms with Crippen molar-refractivity contribution in [3.63, 3.8) is 0 Å². The summed E-state index contributed by atoms with van der Waals surface area (Å²) in [7, 11) is 3.48. The molecule has 9 heteroatoms. The number of aliphatic hydroxyl groups excluding tert-OH is 1. The molecule has 1 aromatic carbocycles. The predicted octanol–water partition coefficient (Wildman–Crippen LogP) is 2.22. The van der Waals surface area contributed by atoms with Crippen molar-refractivity contribution in [1.29, 1.82) is 0 Å². The molecular weight excluding hydrogens is 344 g/mol. The number of nitrogens with one attached hydrogen (secondary N) is 1. The van der Waals surface area contributed by atoms with Gasteiger partial charge in [-0.25, -0.2) is 13.5 Å². The first-order valence-electron chi connectivity index (χ1n) is 8.01. The van der Waals surface area contributed by atoms with Gasteiger partial charge in [-0.15, -0.1) is 0 Å². The molecule has 2 heterocycles. The Hall–Kier alpha value is -2.81. The number of anilines is 1. The minimum Gasteiger partial charge on any atom is -0.390 e. The Morgan fingerprint density at radius 2 is 1.85 bits per heavy atom. The van der Waals surface area contributed by atoms with Crippen LogP contribution in [0.1, 0.15) is 36.2 Å². The van der Waals surface area contributed by atoms with E-state index in [1.54, 1.807) is 31.1 Å². The predicted molar refractivity (Wildman–Crippen MR) is 93.6 cm³/mol. The molecule has 0 fully saturated rings. The minimum atomic E-state index is -2.53. The van der Waals surface area contributed by atoms with Gasteiger partial charge in [0.1, 0.15) is 11.1 Å². The number of nitrogens with zero attached hydrogens (tertiary/aromatic N) is 4. The van der Waals surface area contributed by atoms with Gasteiger partial charge in [-0.2, -0.15) is 10.1 Å². The highest BCUT2D eigenvalue weighted by Crippen LogP contribution is 2.26. The van der Waals surface area contributed by atoms with E-state index < -0.39 is 18.6 Å². The number of halogens is 2. The Morgan fingerprint density at radius 3 is 2.38 bits per heavy atom. The van der Waals surface area contributed by atoms with Gasteiger partial charge in [0.15, 0.2) is 5.65 Å². The average molecular weight is 363 g/mol. The zero-order valence-corrected chi connectivity index (χ0v) is 14.6. The molecule has 3 aromatic rings. The number of H-pyrrole nitrogens is 1. The number of fused-ring (bicyclic) bond motifs is 1. The highest BCUT2D eigenvalue weighted by atomic mass is 19.3. The van der Waals surface area contributed by atoms with Crippen molar-refractivity contribution in [2.45, 2.75) is 26.0 Å². The summed E-state index contributed by atoms with van der Waals surface area (Å²) >= 11 is 0. The Bertz CT molecular complexity index is 979. The lowest BCUT2D eigenvalue weighted by Crippen LogP contribution is -2.20. The van der Waals surface area contributed by atoms with Crippen LogP contribution < -0.4 is 10.5 Å². The molecule has 26 heavy (non-hydrogen) atoms. The summed E-state index contributed by atoms with van der Waals surface area (Å²) in [6, 6.07) is 5.55. The van der Waals surface area contributed by atoms with Gasteiger partial charge in [0, 0.05) is 19.7 Å². The van der Waals surface area contributed by atoms with Crippen LogP contribution in [0, 0.1) is 0 Å². The van der Waals surface area contributed by atoms with Crippen LogP contribution in [0.3, 0.4) is 0 Å². The Kier molecular flexibility index (Phi) is 4.73. The van der Waals surface area contributed by atoms with Crippen LogP contribution in [0.4, 0.5) is 14.7 Å². The zero-order valence-electron chi connectivity index (χ0n) is 14.6. The van der Waals surface area contributed by atoms with Crippen LogP contribution in [-0.4, -0.2) is 39.0 Å². The lowest BCUT2D eigenvalue weighted by atomic mass is 10.1. The molecule has 0 saturated heterocycles. The first-order valence-corrected chi connectivity index (χ1v) is 8.01. The van der Waals surface area contributed by atoms with Crippen LogP contribution in [-0.2, 0) is 6.61 Å². The molecule has 2 aromatic heterocycles. The fourth-order valence-electron chi connectivity index (χ4n) is 2.76. The Balaban J connectivity index is 2.15. The number of rotatable bonds is 5. The van der Waals surface area contributed by atoms with Gasteiger partial charge in [-0.3, -0.25) is 9.78 Å². The molecule has 0 radical (unpaired) electrons. The minimum absolute atomic E-state index is 0.0632. The number of alkyl halides is 2. The van der Waals surface area contributed by atoms with Crippen molar-refractivity contribution in [2.75, 3.05) is 19.0 Å².